The number of rotatable bonds is 0. The third kappa shape index (κ3) is 0.922. The third-order valence-corrected chi connectivity index (χ3v) is 1.96. The fraction of sp³-hybridized carbons (Fsp3) is 0.250. The molecule has 0 saturated heterocycles. The summed E-state index contributed by atoms with van der Waals surface area (Å²) in [6, 6.07) is 3.53. The maximum Gasteiger partial charge on any atom is 0.411 e. The van der Waals surface area contributed by atoms with Crippen molar-refractivity contribution in [3.05, 3.63) is 24.0 Å². The molecule has 0 atom stereocenters. The number of anilines is 1. The number of amides is 1. The molecule has 4 heteroatoms. The molecule has 0 spiro atoms. The summed E-state index contributed by atoms with van der Waals surface area (Å²) in [7, 11) is 0. The normalized spacial score (nSPS) is 14.5. The lowest BCUT2D eigenvalue weighted by Gasteiger charge is -2.10. The van der Waals surface area contributed by atoms with Gasteiger partial charge in [-0.1, -0.05) is 0 Å². The number of carbonyl (C=O) groups is 1. The second-order valence-electron chi connectivity index (χ2n) is 2.65. The number of hydrogen-bond donors (Lipinski definition) is 1. The minimum absolute atomic E-state index is 0.529. The summed E-state index contributed by atoms with van der Waals surface area (Å²) in [6.45, 7) is 0.529. The first-order valence-corrected chi connectivity index (χ1v) is 3.73. The molecule has 1 amide bonds. The molecule has 2 heterocycles. The van der Waals surface area contributed by atoms with E-state index in [-0.39, 0.29) is 0 Å². The molecule has 1 aliphatic heterocycles. The van der Waals surface area contributed by atoms with E-state index >= 15 is 0 Å². The van der Waals surface area contributed by atoms with Crippen LogP contribution in [0.5, 0.6) is 0 Å². The maximum atomic E-state index is 10.7. The van der Waals surface area contributed by atoms with Gasteiger partial charge in [-0.05, 0) is 12.1 Å². The van der Waals surface area contributed by atoms with Crippen molar-refractivity contribution >= 4 is 11.8 Å². The van der Waals surface area contributed by atoms with E-state index in [1.54, 1.807) is 18.3 Å². The number of hydrogen-bond acceptors (Lipinski definition) is 2. The molecule has 2 rings (SSSR count). The molecular weight excluding hydrogens is 156 g/mol. The van der Waals surface area contributed by atoms with E-state index < -0.39 is 6.09 Å². The van der Waals surface area contributed by atoms with E-state index in [2.05, 4.69) is 4.98 Å². The Morgan fingerprint density at radius 1 is 1.67 bits per heavy atom. The van der Waals surface area contributed by atoms with Crippen LogP contribution < -0.4 is 4.90 Å². The van der Waals surface area contributed by atoms with E-state index in [4.69, 9.17) is 5.11 Å². The van der Waals surface area contributed by atoms with Gasteiger partial charge in [-0.25, -0.2) is 4.79 Å². The second-order valence-corrected chi connectivity index (χ2v) is 2.65. The molecule has 1 aromatic heterocycles. The minimum atomic E-state index is -0.901. The Morgan fingerprint density at radius 2 is 2.50 bits per heavy atom. The first-order valence-electron chi connectivity index (χ1n) is 3.73. The molecule has 0 fully saturated rings. The van der Waals surface area contributed by atoms with Crippen LogP contribution in [0.3, 0.4) is 0 Å². The monoisotopic (exact) mass is 164 g/mol. The van der Waals surface area contributed by atoms with E-state index in [1.807, 2.05) is 0 Å². The summed E-state index contributed by atoms with van der Waals surface area (Å²) >= 11 is 0. The van der Waals surface area contributed by atoms with Gasteiger partial charge in [0.1, 0.15) is 0 Å². The lowest BCUT2D eigenvalue weighted by molar-refractivity contribution is 0.202. The van der Waals surface area contributed by atoms with E-state index in [1.165, 1.54) is 4.90 Å². The molecule has 62 valence electrons. The van der Waals surface area contributed by atoms with Crippen LogP contribution in [-0.4, -0.2) is 22.7 Å². The molecule has 1 aliphatic rings. The fourth-order valence-electron chi connectivity index (χ4n) is 1.40. The highest BCUT2D eigenvalue weighted by atomic mass is 16.4. The van der Waals surface area contributed by atoms with Gasteiger partial charge in [0.05, 0.1) is 11.4 Å². The van der Waals surface area contributed by atoms with Crippen molar-refractivity contribution in [2.75, 3.05) is 11.4 Å². The van der Waals surface area contributed by atoms with Gasteiger partial charge in [0.15, 0.2) is 0 Å². The van der Waals surface area contributed by atoms with Crippen LogP contribution in [0.25, 0.3) is 0 Å². The zero-order valence-electron chi connectivity index (χ0n) is 6.40. The van der Waals surface area contributed by atoms with Crippen LogP contribution in [0.4, 0.5) is 10.5 Å². The van der Waals surface area contributed by atoms with Gasteiger partial charge in [-0.3, -0.25) is 9.88 Å². The Labute approximate surface area is 69.5 Å². The van der Waals surface area contributed by atoms with Gasteiger partial charge in [0, 0.05) is 19.2 Å². The van der Waals surface area contributed by atoms with Crippen molar-refractivity contribution in [1.82, 2.24) is 4.98 Å². The first-order chi connectivity index (χ1) is 5.79. The van der Waals surface area contributed by atoms with Gasteiger partial charge in [0.25, 0.3) is 0 Å². The molecule has 4 nitrogen and oxygen atoms in total. The Bertz CT molecular complexity index is 325. The predicted molar refractivity (Wildman–Crippen MR) is 43.3 cm³/mol. The SMILES string of the molecule is O=C(O)N1CCc2ncccc21. The molecule has 1 aromatic rings. The van der Waals surface area contributed by atoms with Gasteiger partial charge < -0.3 is 5.11 Å². The first kappa shape index (κ1) is 7.09. The third-order valence-electron chi connectivity index (χ3n) is 1.96. The molecule has 0 saturated carbocycles. The van der Waals surface area contributed by atoms with Gasteiger partial charge in [-0.2, -0.15) is 0 Å². The zero-order valence-corrected chi connectivity index (χ0v) is 6.40. The number of carboxylic acid groups (broad SMARTS) is 1. The second kappa shape index (κ2) is 2.48. The van der Waals surface area contributed by atoms with Crippen molar-refractivity contribution in [3.8, 4) is 0 Å². The van der Waals surface area contributed by atoms with E-state index in [0.29, 0.717) is 6.54 Å². The zero-order chi connectivity index (χ0) is 8.55. The van der Waals surface area contributed by atoms with Crippen molar-refractivity contribution < 1.29 is 9.90 Å². The highest BCUT2D eigenvalue weighted by molar-refractivity contribution is 5.88. The average Bonchev–Trinajstić information content (AvgIpc) is 2.47. The van der Waals surface area contributed by atoms with E-state index in [0.717, 1.165) is 17.8 Å². The van der Waals surface area contributed by atoms with Crippen molar-refractivity contribution in [3.63, 3.8) is 0 Å². The Kier molecular flexibility index (Phi) is 1.46. The quantitative estimate of drug-likeness (QED) is 0.625. The number of fused-ring (bicyclic) bond motifs is 1. The van der Waals surface area contributed by atoms with Gasteiger partial charge in [0.2, 0.25) is 0 Å². The topological polar surface area (TPSA) is 53.4 Å². The van der Waals surface area contributed by atoms with Crippen LogP contribution in [0.2, 0.25) is 0 Å². The maximum absolute atomic E-state index is 10.7. The number of aromatic nitrogens is 1. The van der Waals surface area contributed by atoms with Crippen molar-refractivity contribution in [2.45, 2.75) is 6.42 Å². The molecule has 0 aliphatic carbocycles. The van der Waals surface area contributed by atoms with Crippen LogP contribution in [0.1, 0.15) is 5.69 Å². The summed E-state index contributed by atoms with van der Waals surface area (Å²) in [5.74, 6) is 0. The molecule has 1 N–H and O–H groups in total. The summed E-state index contributed by atoms with van der Waals surface area (Å²) in [6.07, 6.45) is 1.51. The molecular formula is C8H8N2O2. The largest absolute Gasteiger partial charge is 0.465 e. The highest BCUT2D eigenvalue weighted by Crippen LogP contribution is 2.24. The Morgan fingerprint density at radius 3 is 3.25 bits per heavy atom. The molecule has 0 bridgehead atoms. The molecule has 0 unspecified atom stereocenters. The highest BCUT2D eigenvalue weighted by Gasteiger charge is 2.24. The van der Waals surface area contributed by atoms with E-state index in [9.17, 15) is 4.79 Å². The van der Waals surface area contributed by atoms with Crippen molar-refractivity contribution in [1.29, 1.82) is 0 Å². The Hall–Kier alpha value is -1.58. The molecule has 0 radical (unpaired) electrons. The van der Waals surface area contributed by atoms with Crippen LogP contribution in [0.15, 0.2) is 18.3 Å². The lowest BCUT2D eigenvalue weighted by atomic mass is 10.3. The number of nitrogens with zero attached hydrogens (tertiary/aromatic N) is 2. The summed E-state index contributed by atoms with van der Waals surface area (Å²) in [5.41, 5.74) is 1.60. The summed E-state index contributed by atoms with van der Waals surface area (Å²) in [4.78, 5) is 16.1. The molecule has 0 aromatic carbocycles. The predicted octanol–water partition coefficient (Wildman–Crippen LogP) is 1.12. The standard InChI is InChI=1S/C8H8N2O2/c11-8(12)10-5-3-6-7(10)2-1-4-9-6/h1-2,4H,3,5H2,(H,11,12). The van der Waals surface area contributed by atoms with Crippen LogP contribution in [0, 0.1) is 0 Å². The summed E-state index contributed by atoms with van der Waals surface area (Å²) in [5, 5.41) is 8.76. The average molecular weight is 164 g/mol. The van der Waals surface area contributed by atoms with Crippen LogP contribution in [-0.2, 0) is 6.42 Å². The van der Waals surface area contributed by atoms with Crippen molar-refractivity contribution in [2.24, 2.45) is 0 Å². The van der Waals surface area contributed by atoms with Gasteiger partial charge in [-0.15, -0.1) is 0 Å². The summed E-state index contributed by atoms with van der Waals surface area (Å²) < 4.78 is 0. The molecule has 12 heavy (non-hydrogen) atoms. The smallest absolute Gasteiger partial charge is 0.411 e. The minimum Gasteiger partial charge on any atom is -0.465 e. The van der Waals surface area contributed by atoms with Gasteiger partial charge >= 0.3 is 6.09 Å². The number of pyridine rings is 1. The van der Waals surface area contributed by atoms with Crippen LogP contribution >= 0.6 is 0 Å². The lowest BCUT2D eigenvalue weighted by Crippen LogP contribution is -2.26. The fourth-order valence-corrected chi connectivity index (χ4v) is 1.40. The Balaban J connectivity index is 2.42.